The van der Waals surface area contributed by atoms with Crippen molar-refractivity contribution >= 4 is 22.8 Å². The summed E-state index contributed by atoms with van der Waals surface area (Å²) in [4.78, 5) is 11.9. The Balaban J connectivity index is 1.70. The van der Waals surface area contributed by atoms with Crippen molar-refractivity contribution in [1.82, 2.24) is 25.1 Å². The van der Waals surface area contributed by atoms with Crippen molar-refractivity contribution in [2.24, 2.45) is 0 Å². The van der Waals surface area contributed by atoms with Gasteiger partial charge in [0.1, 0.15) is 11.6 Å². The maximum atomic E-state index is 6.57. The molecule has 2 aromatic carbocycles. The molecular formula is C22H23N7O. The van der Waals surface area contributed by atoms with Gasteiger partial charge in [-0.05, 0) is 24.3 Å². The quantitative estimate of drug-likeness (QED) is 0.542. The van der Waals surface area contributed by atoms with Crippen LogP contribution in [0.25, 0.3) is 28.0 Å². The van der Waals surface area contributed by atoms with Crippen LogP contribution < -0.4 is 20.7 Å². The third kappa shape index (κ3) is 3.21. The Morgan fingerprint density at radius 3 is 2.40 bits per heavy atom. The zero-order chi connectivity index (χ0) is 20.5. The number of rotatable bonds is 4. The lowest BCUT2D eigenvalue weighted by Crippen LogP contribution is -2.44. The average Bonchev–Trinajstić information content (AvgIpc) is 3.16. The number of nitrogens with two attached hydrogens (primary N) is 1. The van der Waals surface area contributed by atoms with E-state index in [1.54, 1.807) is 11.8 Å². The lowest BCUT2D eigenvalue weighted by Gasteiger charge is -2.27. The van der Waals surface area contributed by atoms with Gasteiger partial charge in [-0.15, -0.1) is 5.10 Å². The Morgan fingerprint density at radius 1 is 0.967 bits per heavy atom. The summed E-state index contributed by atoms with van der Waals surface area (Å²) in [6.07, 6.45) is 0. The van der Waals surface area contributed by atoms with E-state index < -0.39 is 0 Å². The van der Waals surface area contributed by atoms with E-state index in [-0.39, 0.29) is 0 Å². The van der Waals surface area contributed by atoms with Crippen molar-refractivity contribution in [3.8, 4) is 22.7 Å². The van der Waals surface area contributed by atoms with E-state index in [0.29, 0.717) is 17.4 Å². The van der Waals surface area contributed by atoms with Crippen LogP contribution in [0.3, 0.4) is 0 Å². The number of nitrogens with zero attached hydrogens (tertiary/aromatic N) is 5. The number of piperazine rings is 1. The fourth-order valence-corrected chi connectivity index (χ4v) is 3.73. The van der Waals surface area contributed by atoms with Gasteiger partial charge < -0.3 is 20.7 Å². The van der Waals surface area contributed by atoms with Gasteiger partial charge in [-0.3, -0.25) is 0 Å². The number of ether oxygens (including phenoxy) is 1. The number of anilines is 2. The van der Waals surface area contributed by atoms with Gasteiger partial charge >= 0.3 is 0 Å². The van der Waals surface area contributed by atoms with E-state index >= 15 is 0 Å². The predicted octanol–water partition coefficient (Wildman–Crippen LogP) is 2.48. The Morgan fingerprint density at radius 2 is 1.70 bits per heavy atom. The first-order valence-electron chi connectivity index (χ1n) is 9.96. The van der Waals surface area contributed by atoms with E-state index in [1.807, 2.05) is 54.6 Å². The second kappa shape index (κ2) is 7.64. The highest BCUT2D eigenvalue weighted by molar-refractivity contribution is 5.99. The van der Waals surface area contributed by atoms with E-state index in [1.165, 1.54) is 0 Å². The molecule has 0 radical (unpaired) electrons. The van der Waals surface area contributed by atoms with E-state index in [2.05, 4.69) is 10.2 Å². The van der Waals surface area contributed by atoms with Crippen molar-refractivity contribution in [1.29, 1.82) is 0 Å². The summed E-state index contributed by atoms with van der Waals surface area (Å²) in [7, 11) is 1.64. The fourth-order valence-electron chi connectivity index (χ4n) is 3.73. The smallest absolute Gasteiger partial charge is 0.228 e. The Bertz CT molecular complexity index is 1170. The van der Waals surface area contributed by atoms with Gasteiger partial charge in [-0.1, -0.05) is 30.3 Å². The number of methoxy groups -OCH3 is 1. The van der Waals surface area contributed by atoms with Gasteiger partial charge in [0, 0.05) is 31.7 Å². The van der Waals surface area contributed by atoms with Crippen LogP contribution in [-0.2, 0) is 0 Å². The van der Waals surface area contributed by atoms with E-state index in [9.17, 15) is 0 Å². The highest BCUT2D eigenvalue weighted by atomic mass is 16.5. The Kier molecular flexibility index (Phi) is 4.68. The summed E-state index contributed by atoms with van der Waals surface area (Å²) in [5.74, 6) is 1.97. The van der Waals surface area contributed by atoms with Crippen molar-refractivity contribution in [3.63, 3.8) is 0 Å². The summed E-state index contributed by atoms with van der Waals surface area (Å²) in [6, 6.07) is 17.7. The molecule has 1 saturated heterocycles. The minimum absolute atomic E-state index is 0.515. The Hall–Kier alpha value is -3.65. The van der Waals surface area contributed by atoms with Crippen LogP contribution in [-0.4, -0.2) is 53.0 Å². The molecule has 152 valence electrons. The first-order chi connectivity index (χ1) is 14.7. The molecule has 0 aliphatic carbocycles. The molecule has 3 N–H and O–H groups in total. The zero-order valence-corrected chi connectivity index (χ0v) is 16.7. The first kappa shape index (κ1) is 18.4. The minimum atomic E-state index is 0.515. The third-order valence-corrected chi connectivity index (χ3v) is 5.32. The summed E-state index contributed by atoms with van der Waals surface area (Å²) in [6.45, 7) is 3.53. The monoisotopic (exact) mass is 401 g/mol. The summed E-state index contributed by atoms with van der Waals surface area (Å²) in [5, 5.41) is 8.86. The standard InChI is InChI=1S/C22H23N7O/c1-30-17-9-7-16(8-10-17)29-20(23)18-19(15-5-3-2-4-6-15)25-22(26-21(18)27-29)28-13-11-24-12-14-28/h2-10,24H,11-14,23H2,1H3. The number of hydrogen-bond acceptors (Lipinski definition) is 7. The minimum Gasteiger partial charge on any atom is -0.497 e. The SMILES string of the molecule is COc1ccc(-n2nc3nc(N4CCNCC4)nc(-c4ccccc4)c3c2N)cc1. The van der Waals surface area contributed by atoms with Crippen LogP contribution in [0, 0.1) is 0 Å². The molecule has 1 fully saturated rings. The van der Waals surface area contributed by atoms with Gasteiger partial charge in [0.2, 0.25) is 5.95 Å². The molecule has 5 rings (SSSR count). The van der Waals surface area contributed by atoms with Gasteiger partial charge in [-0.2, -0.15) is 4.98 Å². The fraction of sp³-hybridized carbons (Fsp3) is 0.227. The number of nitrogens with one attached hydrogen (secondary N) is 1. The third-order valence-electron chi connectivity index (χ3n) is 5.32. The van der Waals surface area contributed by atoms with Gasteiger partial charge in [0.15, 0.2) is 5.65 Å². The zero-order valence-electron chi connectivity index (χ0n) is 16.7. The van der Waals surface area contributed by atoms with Gasteiger partial charge in [-0.25, -0.2) is 9.67 Å². The van der Waals surface area contributed by atoms with Crippen molar-refractivity contribution in [3.05, 3.63) is 54.6 Å². The molecule has 0 bridgehead atoms. The topological polar surface area (TPSA) is 94.1 Å². The van der Waals surface area contributed by atoms with Crippen molar-refractivity contribution in [2.45, 2.75) is 0 Å². The molecule has 0 amide bonds. The molecular weight excluding hydrogens is 378 g/mol. The molecule has 2 aromatic heterocycles. The normalized spacial score (nSPS) is 14.2. The molecule has 0 atom stereocenters. The van der Waals surface area contributed by atoms with Crippen LogP contribution in [0.5, 0.6) is 5.75 Å². The second-order valence-electron chi connectivity index (χ2n) is 7.17. The van der Waals surface area contributed by atoms with Gasteiger partial charge in [0.05, 0.1) is 23.9 Å². The lowest BCUT2D eigenvalue weighted by atomic mass is 10.1. The average molecular weight is 401 g/mol. The number of hydrogen-bond donors (Lipinski definition) is 2. The van der Waals surface area contributed by atoms with Crippen LogP contribution >= 0.6 is 0 Å². The summed E-state index contributed by atoms with van der Waals surface area (Å²) < 4.78 is 6.98. The highest BCUT2D eigenvalue weighted by Gasteiger charge is 2.22. The second-order valence-corrected chi connectivity index (χ2v) is 7.17. The first-order valence-corrected chi connectivity index (χ1v) is 9.96. The molecule has 3 heterocycles. The maximum absolute atomic E-state index is 6.57. The molecule has 0 saturated carbocycles. The highest BCUT2D eigenvalue weighted by Crippen LogP contribution is 2.33. The van der Waals surface area contributed by atoms with Crippen LogP contribution in [0.2, 0.25) is 0 Å². The molecule has 4 aromatic rings. The van der Waals surface area contributed by atoms with Crippen LogP contribution in [0.1, 0.15) is 0 Å². The van der Waals surface area contributed by atoms with Crippen LogP contribution in [0.4, 0.5) is 11.8 Å². The molecule has 0 spiro atoms. The number of aromatic nitrogens is 4. The molecule has 1 aliphatic rings. The predicted molar refractivity (Wildman–Crippen MR) is 118 cm³/mol. The van der Waals surface area contributed by atoms with Crippen LogP contribution in [0.15, 0.2) is 54.6 Å². The number of nitrogen functional groups attached to an aromatic ring is 1. The van der Waals surface area contributed by atoms with Crippen molar-refractivity contribution < 1.29 is 4.74 Å². The Labute approximate surface area is 174 Å². The van der Waals surface area contributed by atoms with Gasteiger partial charge in [0.25, 0.3) is 0 Å². The molecule has 8 heteroatoms. The largest absolute Gasteiger partial charge is 0.497 e. The molecule has 30 heavy (non-hydrogen) atoms. The maximum Gasteiger partial charge on any atom is 0.228 e. The molecule has 8 nitrogen and oxygen atoms in total. The summed E-state index contributed by atoms with van der Waals surface area (Å²) in [5.41, 5.74) is 9.79. The van der Waals surface area contributed by atoms with E-state index in [4.69, 9.17) is 25.5 Å². The molecule has 0 unspecified atom stereocenters. The summed E-state index contributed by atoms with van der Waals surface area (Å²) >= 11 is 0. The van der Waals surface area contributed by atoms with Crippen molar-refractivity contribution in [2.75, 3.05) is 43.9 Å². The lowest BCUT2D eigenvalue weighted by molar-refractivity contribution is 0.414. The number of fused-ring (bicyclic) bond motifs is 1. The molecule has 1 aliphatic heterocycles. The van der Waals surface area contributed by atoms with E-state index in [0.717, 1.165) is 54.3 Å². The number of benzene rings is 2.